The van der Waals surface area contributed by atoms with E-state index in [0.717, 1.165) is 5.69 Å². The number of pyridine rings is 1. The van der Waals surface area contributed by atoms with Crippen molar-refractivity contribution in [1.82, 2.24) is 4.98 Å². The Morgan fingerprint density at radius 1 is 1.20 bits per heavy atom. The average Bonchev–Trinajstić information content (AvgIpc) is 2.10. The molecule has 1 N–H and O–H groups in total. The monoisotopic (exact) mass is 138 g/mol. The second-order valence-corrected chi connectivity index (χ2v) is 1.49. The number of rotatable bonds is 1. The van der Waals surface area contributed by atoms with E-state index in [1.807, 2.05) is 33.0 Å². The van der Waals surface area contributed by atoms with E-state index in [1.165, 1.54) is 0 Å². The van der Waals surface area contributed by atoms with Crippen LogP contribution in [0.2, 0.25) is 0 Å². The standard InChI is InChI=1S/C6H8N2.C2H6/c1-7-6-2-4-8-5-3-6;1-2/h2-5H,1H3,(H,7,8);1-2H3. The molecule has 0 aliphatic rings. The van der Waals surface area contributed by atoms with Gasteiger partial charge in [-0.3, -0.25) is 4.98 Å². The normalized spacial score (nSPS) is 7.50. The summed E-state index contributed by atoms with van der Waals surface area (Å²) in [4.78, 5) is 3.85. The second-order valence-electron chi connectivity index (χ2n) is 1.49. The first kappa shape index (κ1) is 8.95. The van der Waals surface area contributed by atoms with Crippen LogP contribution in [0.4, 0.5) is 5.69 Å². The molecule has 10 heavy (non-hydrogen) atoms. The molecule has 0 atom stereocenters. The number of nitrogens with one attached hydrogen (secondary N) is 1. The summed E-state index contributed by atoms with van der Waals surface area (Å²) in [6, 6.07) is 3.83. The molecule has 1 rings (SSSR count). The van der Waals surface area contributed by atoms with Crippen LogP contribution in [-0.2, 0) is 0 Å². The molecule has 1 heterocycles. The van der Waals surface area contributed by atoms with Gasteiger partial charge in [-0.05, 0) is 12.1 Å². The molecular formula is C8H14N2. The maximum absolute atomic E-state index is 3.85. The fourth-order valence-electron chi connectivity index (χ4n) is 0.519. The van der Waals surface area contributed by atoms with E-state index in [9.17, 15) is 0 Å². The van der Waals surface area contributed by atoms with Gasteiger partial charge in [-0.2, -0.15) is 0 Å². The minimum absolute atomic E-state index is 1.10. The maximum atomic E-state index is 3.85. The van der Waals surface area contributed by atoms with Crippen molar-refractivity contribution in [2.24, 2.45) is 0 Å². The lowest BCUT2D eigenvalue weighted by Crippen LogP contribution is -1.85. The summed E-state index contributed by atoms with van der Waals surface area (Å²) >= 11 is 0. The van der Waals surface area contributed by atoms with Gasteiger partial charge in [0, 0.05) is 25.1 Å². The predicted octanol–water partition coefficient (Wildman–Crippen LogP) is 2.15. The van der Waals surface area contributed by atoms with Crippen LogP contribution in [0.3, 0.4) is 0 Å². The van der Waals surface area contributed by atoms with E-state index >= 15 is 0 Å². The predicted molar refractivity (Wildman–Crippen MR) is 45.1 cm³/mol. The Morgan fingerprint density at radius 2 is 1.70 bits per heavy atom. The van der Waals surface area contributed by atoms with E-state index in [1.54, 1.807) is 12.4 Å². The molecule has 2 heteroatoms. The molecule has 0 spiro atoms. The second kappa shape index (κ2) is 6.08. The fourth-order valence-corrected chi connectivity index (χ4v) is 0.519. The fraction of sp³-hybridized carbons (Fsp3) is 0.375. The maximum Gasteiger partial charge on any atom is 0.0368 e. The average molecular weight is 138 g/mol. The number of aromatic nitrogens is 1. The topological polar surface area (TPSA) is 24.9 Å². The molecule has 0 saturated heterocycles. The summed E-state index contributed by atoms with van der Waals surface area (Å²) in [6.45, 7) is 4.00. The summed E-state index contributed by atoms with van der Waals surface area (Å²) in [5.41, 5.74) is 1.10. The Bertz CT molecular complexity index is 149. The third-order valence-corrected chi connectivity index (χ3v) is 0.969. The minimum atomic E-state index is 1.10. The van der Waals surface area contributed by atoms with Crippen molar-refractivity contribution >= 4 is 5.69 Å². The van der Waals surface area contributed by atoms with Crippen molar-refractivity contribution in [3.8, 4) is 0 Å². The lowest BCUT2D eigenvalue weighted by atomic mass is 10.4. The number of anilines is 1. The molecule has 0 aliphatic heterocycles. The van der Waals surface area contributed by atoms with Crippen LogP contribution in [0.25, 0.3) is 0 Å². The number of hydrogen-bond donors (Lipinski definition) is 1. The zero-order chi connectivity index (χ0) is 7.82. The van der Waals surface area contributed by atoms with E-state index < -0.39 is 0 Å². The van der Waals surface area contributed by atoms with Gasteiger partial charge in [-0.1, -0.05) is 13.8 Å². The molecule has 0 radical (unpaired) electrons. The van der Waals surface area contributed by atoms with Gasteiger partial charge in [0.25, 0.3) is 0 Å². The van der Waals surface area contributed by atoms with Crippen LogP contribution in [-0.4, -0.2) is 12.0 Å². The van der Waals surface area contributed by atoms with E-state index in [2.05, 4.69) is 10.3 Å². The van der Waals surface area contributed by atoms with Gasteiger partial charge >= 0.3 is 0 Å². The van der Waals surface area contributed by atoms with Gasteiger partial charge in [0.1, 0.15) is 0 Å². The van der Waals surface area contributed by atoms with Gasteiger partial charge < -0.3 is 5.32 Å². The zero-order valence-corrected chi connectivity index (χ0v) is 6.76. The molecule has 0 amide bonds. The Labute approximate surface area is 62.3 Å². The van der Waals surface area contributed by atoms with E-state index in [4.69, 9.17) is 0 Å². The highest BCUT2D eigenvalue weighted by Crippen LogP contribution is 1.99. The van der Waals surface area contributed by atoms with Crippen LogP contribution in [0.5, 0.6) is 0 Å². The lowest BCUT2D eigenvalue weighted by Gasteiger charge is -1.93. The number of hydrogen-bond acceptors (Lipinski definition) is 2. The first-order valence-corrected chi connectivity index (χ1v) is 3.51. The van der Waals surface area contributed by atoms with Gasteiger partial charge in [-0.15, -0.1) is 0 Å². The van der Waals surface area contributed by atoms with Gasteiger partial charge in [0.05, 0.1) is 0 Å². The molecule has 2 nitrogen and oxygen atoms in total. The highest BCUT2D eigenvalue weighted by Gasteiger charge is 1.78. The third kappa shape index (κ3) is 3.07. The summed E-state index contributed by atoms with van der Waals surface area (Å²) in [5, 5.41) is 2.99. The van der Waals surface area contributed by atoms with Crippen molar-refractivity contribution in [3.63, 3.8) is 0 Å². The van der Waals surface area contributed by atoms with Crippen LogP contribution in [0, 0.1) is 0 Å². The highest BCUT2D eigenvalue weighted by atomic mass is 14.8. The molecule has 0 aliphatic carbocycles. The summed E-state index contributed by atoms with van der Waals surface area (Å²) < 4.78 is 0. The zero-order valence-electron chi connectivity index (χ0n) is 6.76. The van der Waals surface area contributed by atoms with Crippen molar-refractivity contribution in [1.29, 1.82) is 0 Å². The number of nitrogens with zero attached hydrogens (tertiary/aromatic N) is 1. The van der Waals surface area contributed by atoms with Crippen molar-refractivity contribution < 1.29 is 0 Å². The summed E-state index contributed by atoms with van der Waals surface area (Å²) in [6.07, 6.45) is 3.51. The molecular weight excluding hydrogens is 124 g/mol. The van der Waals surface area contributed by atoms with Crippen LogP contribution in [0.15, 0.2) is 24.5 Å². The van der Waals surface area contributed by atoms with E-state index in [-0.39, 0.29) is 0 Å². The van der Waals surface area contributed by atoms with Gasteiger partial charge in [0.15, 0.2) is 0 Å². The smallest absolute Gasteiger partial charge is 0.0368 e. The SMILES string of the molecule is CC.CNc1ccncc1. The first-order chi connectivity index (χ1) is 4.93. The van der Waals surface area contributed by atoms with Gasteiger partial charge in [-0.25, -0.2) is 0 Å². The van der Waals surface area contributed by atoms with Gasteiger partial charge in [0.2, 0.25) is 0 Å². The molecule has 0 aromatic carbocycles. The third-order valence-electron chi connectivity index (χ3n) is 0.969. The Hall–Kier alpha value is -1.05. The molecule has 0 unspecified atom stereocenters. The van der Waals surface area contributed by atoms with Crippen molar-refractivity contribution in [2.75, 3.05) is 12.4 Å². The molecule has 0 bridgehead atoms. The Morgan fingerprint density at radius 3 is 2.00 bits per heavy atom. The summed E-state index contributed by atoms with van der Waals surface area (Å²) in [5.74, 6) is 0. The highest BCUT2D eigenvalue weighted by molar-refractivity contribution is 5.39. The largest absolute Gasteiger partial charge is 0.388 e. The van der Waals surface area contributed by atoms with Crippen LogP contribution in [0.1, 0.15) is 13.8 Å². The first-order valence-electron chi connectivity index (χ1n) is 3.51. The lowest BCUT2D eigenvalue weighted by molar-refractivity contribution is 1.32. The quantitative estimate of drug-likeness (QED) is 0.643. The molecule has 0 saturated carbocycles. The molecule has 1 aromatic heterocycles. The Balaban J connectivity index is 0.000000371. The molecule has 1 aromatic rings. The van der Waals surface area contributed by atoms with Crippen molar-refractivity contribution in [3.05, 3.63) is 24.5 Å². The van der Waals surface area contributed by atoms with E-state index in [0.29, 0.717) is 0 Å². The minimum Gasteiger partial charge on any atom is -0.388 e. The van der Waals surface area contributed by atoms with Crippen LogP contribution < -0.4 is 5.32 Å². The molecule has 56 valence electrons. The van der Waals surface area contributed by atoms with Crippen LogP contribution >= 0.6 is 0 Å². The van der Waals surface area contributed by atoms with Crippen molar-refractivity contribution in [2.45, 2.75) is 13.8 Å². The summed E-state index contributed by atoms with van der Waals surface area (Å²) in [7, 11) is 1.88. The molecule has 0 fully saturated rings. The Kier molecular flexibility index (Phi) is 5.44.